The summed E-state index contributed by atoms with van der Waals surface area (Å²) < 4.78 is 0. The number of hydrogen-bond donors (Lipinski definition) is 0. The van der Waals surface area contributed by atoms with Crippen LogP contribution in [0.4, 0.5) is 0 Å². The average Bonchev–Trinajstić information content (AvgIpc) is 3.20. The van der Waals surface area contributed by atoms with Crippen LogP contribution in [-0.4, -0.2) is 0 Å². The lowest BCUT2D eigenvalue weighted by molar-refractivity contribution is 0.215. The number of hydrogen-bond acceptors (Lipinski definition) is 0. The van der Waals surface area contributed by atoms with E-state index in [4.69, 9.17) is 0 Å². The van der Waals surface area contributed by atoms with Crippen molar-refractivity contribution < 1.29 is 0 Å². The molecular formula is C20H36. The van der Waals surface area contributed by atoms with Crippen molar-refractivity contribution in [2.75, 3.05) is 0 Å². The van der Waals surface area contributed by atoms with Crippen LogP contribution in [-0.2, 0) is 0 Å². The van der Waals surface area contributed by atoms with Crippen LogP contribution in [0.15, 0.2) is 0 Å². The Kier molecular flexibility index (Phi) is 3.75. The third-order valence-electron chi connectivity index (χ3n) is 7.05. The minimum atomic E-state index is 0.577. The Hall–Kier alpha value is 0. The molecule has 0 aromatic carbocycles. The summed E-state index contributed by atoms with van der Waals surface area (Å²) in [6, 6.07) is 0. The Labute approximate surface area is 127 Å². The Balaban J connectivity index is 1.65. The second kappa shape index (κ2) is 5.03. The predicted molar refractivity (Wildman–Crippen MR) is 87.8 cm³/mol. The molecule has 0 N–H and O–H groups in total. The number of rotatable bonds is 0. The molecule has 3 aliphatic rings. The van der Waals surface area contributed by atoms with Crippen LogP contribution in [0.5, 0.6) is 0 Å². The van der Waals surface area contributed by atoms with Gasteiger partial charge in [-0.25, -0.2) is 0 Å². The quantitative estimate of drug-likeness (QED) is 0.468. The van der Waals surface area contributed by atoms with Gasteiger partial charge >= 0.3 is 0 Å². The van der Waals surface area contributed by atoms with Crippen LogP contribution in [0.2, 0.25) is 0 Å². The Morgan fingerprint density at radius 2 is 1.45 bits per heavy atom. The summed E-state index contributed by atoms with van der Waals surface area (Å²) in [7, 11) is 0. The zero-order chi connectivity index (χ0) is 14.4. The molecule has 0 bridgehead atoms. The molecule has 0 aromatic heterocycles. The first-order valence-electron chi connectivity index (χ1n) is 9.33. The molecule has 0 aliphatic heterocycles. The van der Waals surface area contributed by atoms with E-state index in [9.17, 15) is 0 Å². The zero-order valence-electron chi connectivity index (χ0n) is 14.4. The summed E-state index contributed by atoms with van der Waals surface area (Å²) in [5.74, 6) is 2.03. The van der Waals surface area contributed by atoms with Crippen LogP contribution < -0.4 is 0 Å². The fourth-order valence-electron chi connectivity index (χ4n) is 5.46. The highest BCUT2D eigenvalue weighted by molar-refractivity contribution is 5.02. The second-order valence-corrected chi connectivity index (χ2v) is 9.98. The summed E-state index contributed by atoms with van der Waals surface area (Å²) in [6.45, 7) is 10.1. The first-order valence-corrected chi connectivity index (χ1v) is 9.33. The first-order chi connectivity index (χ1) is 9.33. The van der Waals surface area contributed by atoms with E-state index in [1.165, 1.54) is 38.5 Å². The van der Waals surface area contributed by atoms with Crippen molar-refractivity contribution >= 4 is 0 Å². The molecule has 0 heteroatoms. The molecule has 0 aromatic rings. The molecule has 3 atom stereocenters. The van der Waals surface area contributed by atoms with Gasteiger partial charge in [0, 0.05) is 0 Å². The molecule has 0 amide bonds. The topological polar surface area (TPSA) is 0 Å². The molecule has 0 saturated heterocycles. The summed E-state index contributed by atoms with van der Waals surface area (Å²) >= 11 is 0. The largest absolute Gasteiger partial charge is 0.0625 e. The van der Waals surface area contributed by atoms with Crippen molar-refractivity contribution in [3.8, 4) is 0 Å². The molecule has 0 nitrogen and oxygen atoms in total. The standard InChI is InChI=1S/C20H36/c1-16-13-18(2,3)8-5-6-9-19(4)15-17(19)7-10-20(14-16)11-12-20/h16-17H,5-15H2,1-4H3. The number of fused-ring (bicyclic) bond motifs is 1. The maximum atomic E-state index is 2.57. The summed E-state index contributed by atoms with van der Waals surface area (Å²) in [4.78, 5) is 0. The van der Waals surface area contributed by atoms with Crippen LogP contribution in [0.1, 0.15) is 98.3 Å². The Morgan fingerprint density at radius 1 is 0.750 bits per heavy atom. The highest BCUT2D eigenvalue weighted by atomic mass is 14.6. The van der Waals surface area contributed by atoms with Crippen molar-refractivity contribution in [1.29, 1.82) is 0 Å². The minimum Gasteiger partial charge on any atom is -0.0625 e. The van der Waals surface area contributed by atoms with Crippen LogP contribution in [0.25, 0.3) is 0 Å². The first kappa shape index (κ1) is 14.9. The van der Waals surface area contributed by atoms with Crippen molar-refractivity contribution in [1.82, 2.24) is 0 Å². The minimum absolute atomic E-state index is 0.577. The van der Waals surface area contributed by atoms with E-state index in [-0.39, 0.29) is 0 Å². The SMILES string of the molecule is CC1CC(C)(C)CCCCC2(C)CC2CCC2(CC2)C1. The van der Waals surface area contributed by atoms with Gasteiger partial charge in [0.05, 0.1) is 0 Å². The van der Waals surface area contributed by atoms with Gasteiger partial charge in [0.25, 0.3) is 0 Å². The van der Waals surface area contributed by atoms with Crippen molar-refractivity contribution in [2.45, 2.75) is 98.3 Å². The zero-order valence-corrected chi connectivity index (χ0v) is 14.4. The second-order valence-electron chi connectivity index (χ2n) is 9.98. The molecule has 1 spiro atoms. The smallest absolute Gasteiger partial charge is 0.0294 e. The van der Waals surface area contributed by atoms with E-state index in [0.717, 1.165) is 22.7 Å². The lowest BCUT2D eigenvalue weighted by Gasteiger charge is -2.30. The van der Waals surface area contributed by atoms with E-state index in [1.807, 2.05) is 0 Å². The maximum absolute atomic E-state index is 2.57. The molecule has 3 unspecified atom stereocenters. The van der Waals surface area contributed by atoms with E-state index < -0.39 is 0 Å². The van der Waals surface area contributed by atoms with E-state index in [0.29, 0.717) is 5.41 Å². The summed E-state index contributed by atoms with van der Waals surface area (Å²) in [5, 5.41) is 0. The third-order valence-corrected chi connectivity index (χ3v) is 7.05. The fraction of sp³-hybridized carbons (Fsp3) is 1.00. The van der Waals surface area contributed by atoms with E-state index in [2.05, 4.69) is 27.7 Å². The van der Waals surface area contributed by atoms with Crippen LogP contribution in [0.3, 0.4) is 0 Å². The normalized spacial score (nSPS) is 43.8. The highest BCUT2D eigenvalue weighted by Gasteiger charge is 2.51. The monoisotopic (exact) mass is 276 g/mol. The molecule has 3 fully saturated rings. The third kappa shape index (κ3) is 3.42. The van der Waals surface area contributed by atoms with E-state index >= 15 is 0 Å². The van der Waals surface area contributed by atoms with Crippen molar-refractivity contribution in [2.24, 2.45) is 28.1 Å². The average molecular weight is 277 g/mol. The summed E-state index contributed by atoms with van der Waals surface area (Å²) in [6.07, 6.45) is 16.6. The van der Waals surface area contributed by atoms with Crippen LogP contribution in [0, 0.1) is 28.1 Å². The lowest BCUT2D eigenvalue weighted by atomic mass is 9.76. The van der Waals surface area contributed by atoms with Gasteiger partial charge in [0.15, 0.2) is 0 Å². The van der Waals surface area contributed by atoms with Crippen molar-refractivity contribution in [3.63, 3.8) is 0 Å². The van der Waals surface area contributed by atoms with Gasteiger partial charge in [-0.15, -0.1) is 0 Å². The van der Waals surface area contributed by atoms with Gasteiger partial charge in [-0.1, -0.05) is 40.5 Å². The van der Waals surface area contributed by atoms with Gasteiger partial charge in [0.2, 0.25) is 0 Å². The highest BCUT2D eigenvalue weighted by Crippen LogP contribution is 2.62. The van der Waals surface area contributed by atoms with Crippen LogP contribution >= 0.6 is 0 Å². The van der Waals surface area contributed by atoms with Gasteiger partial charge in [-0.3, -0.25) is 0 Å². The van der Waals surface area contributed by atoms with E-state index in [1.54, 1.807) is 32.1 Å². The molecule has 20 heavy (non-hydrogen) atoms. The molecule has 3 aliphatic carbocycles. The molecule has 3 saturated carbocycles. The van der Waals surface area contributed by atoms with Gasteiger partial charge in [-0.2, -0.15) is 0 Å². The van der Waals surface area contributed by atoms with Gasteiger partial charge in [0.1, 0.15) is 0 Å². The maximum Gasteiger partial charge on any atom is -0.0294 e. The predicted octanol–water partition coefficient (Wildman–Crippen LogP) is 6.59. The molecule has 116 valence electrons. The fourth-order valence-corrected chi connectivity index (χ4v) is 5.46. The molecule has 0 heterocycles. The van der Waals surface area contributed by atoms with Gasteiger partial charge in [-0.05, 0) is 85.9 Å². The van der Waals surface area contributed by atoms with Crippen molar-refractivity contribution in [3.05, 3.63) is 0 Å². The Bertz CT molecular complexity index is 349. The summed E-state index contributed by atoms with van der Waals surface area (Å²) in [5.41, 5.74) is 2.13. The van der Waals surface area contributed by atoms with Gasteiger partial charge < -0.3 is 0 Å². The molecule has 0 radical (unpaired) electrons. The molecule has 3 rings (SSSR count). The molecular weight excluding hydrogens is 240 g/mol. The lowest BCUT2D eigenvalue weighted by Crippen LogP contribution is -2.18. The Morgan fingerprint density at radius 3 is 2.15 bits per heavy atom.